The van der Waals surface area contributed by atoms with Gasteiger partial charge in [-0.15, -0.1) is 11.8 Å². The van der Waals surface area contributed by atoms with E-state index < -0.39 is 0 Å². The molecule has 1 spiro atoms. The summed E-state index contributed by atoms with van der Waals surface area (Å²) in [5.41, 5.74) is 1.33. The first-order valence-corrected chi connectivity index (χ1v) is 5.94. The monoisotopic (exact) mass is 191 g/mol. The number of thioether (sulfide) groups is 1. The Morgan fingerprint density at radius 2 is 2.54 bits per heavy atom. The minimum atomic E-state index is 0.378. The molecule has 0 radical (unpaired) electrons. The molecule has 1 fully saturated rings. The molecule has 2 heterocycles. The molecule has 2 unspecified atom stereocenters. The first-order valence-electron chi connectivity index (χ1n) is 4.96. The van der Waals surface area contributed by atoms with Crippen LogP contribution >= 0.6 is 11.8 Å². The number of rotatable bonds is 0. The molecule has 0 aromatic rings. The second-order valence-corrected chi connectivity index (χ2v) is 5.38. The fraction of sp³-hybridized carbons (Fsp3) is 0.545. The SMILES string of the molecule is C1=CCC23SCCC2CC=NC3=C1. The second-order valence-electron chi connectivity index (χ2n) is 3.96. The summed E-state index contributed by atoms with van der Waals surface area (Å²) in [6, 6.07) is 0. The minimum Gasteiger partial charge on any atom is -0.264 e. The first-order chi connectivity index (χ1) is 6.42. The van der Waals surface area contributed by atoms with Crippen LogP contribution in [-0.2, 0) is 0 Å². The van der Waals surface area contributed by atoms with Gasteiger partial charge in [0.05, 0.1) is 10.4 Å². The van der Waals surface area contributed by atoms with Crippen LogP contribution in [0.1, 0.15) is 19.3 Å². The van der Waals surface area contributed by atoms with Crippen molar-refractivity contribution in [1.29, 1.82) is 0 Å². The molecule has 0 aromatic heterocycles. The molecular weight excluding hydrogens is 178 g/mol. The second kappa shape index (κ2) is 2.74. The van der Waals surface area contributed by atoms with Gasteiger partial charge in [0.25, 0.3) is 0 Å². The maximum atomic E-state index is 4.55. The fourth-order valence-corrected chi connectivity index (χ4v) is 4.33. The summed E-state index contributed by atoms with van der Waals surface area (Å²) in [5.74, 6) is 2.17. The Morgan fingerprint density at radius 1 is 1.54 bits per heavy atom. The molecule has 0 saturated carbocycles. The molecule has 0 amide bonds. The van der Waals surface area contributed by atoms with Crippen LogP contribution in [0.2, 0.25) is 0 Å². The maximum absolute atomic E-state index is 4.55. The molecule has 2 heteroatoms. The van der Waals surface area contributed by atoms with Crippen LogP contribution in [0.15, 0.2) is 28.9 Å². The van der Waals surface area contributed by atoms with Crippen LogP contribution < -0.4 is 0 Å². The molecule has 68 valence electrons. The van der Waals surface area contributed by atoms with Gasteiger partial charge >= 0.3 is 0 Å². The normalized spacial score (nSPS) is 41.2. The first kappa shape index (κ1) is 7.86. The van der Waals surface area contributed by atoms with E-state index in [9.17, 15) is 0 Å². The number of aliphatic imine (C=N–C) groups is 1. The quantitative estimate of drug-likeness (QED) is 0.573. The lowest BCUT2D eigenvalue weighted by Crippen LogP contribution is -2.35. The lowest BCUT2D eigenvalue weighted by molar-refractivity contribution is 0.431. The van der Waals surface area contributed by atoms with Crippen molar-refractivity contribution in [2.75, 3.05) is 5.75 Å². The van der Waals surface area contributed by atoms with Crippen LogP contribution in [0, 0.1) is 5.92 Å². The Balaban J connectivity index is 2.10. The number of nitrogens with zero attached hydrogens (tertiary/aromatic N) is 1. The van der Waals surface area contributed by atoms with Gasteiger partial charge in [0, 0.05) is 6.21 Å². The lowest BCUT2D eigenvalue weighted by Gasteiger charge is -2.37. The van der Waals surface area contributed by atoms with Crippen molar-refractivity contribution in [1.82, 2.24) is 0 Å². The van der Waals surface area contributed by atoms with Gasteiger partial charge in [-0.1, -0.05) is 12.2 Å². The number of hydrogen-bond donors (Lipinski definition) is 0. The minimum absolute atomic E-state index is 0.378. The Morgan fingerprint density at radius 3 is 3.54 bits per heavy atom. The molecule has 1 saturated heterocycles. The third-order valence-electron chi connectivity index (χ3n) is 3.35. The molecule has 2 atom stereocenters. The van der Waals surface area contributed by atoms with Crippen molar-refractivity contribution in [2.24, 2.45) is 10.9 Å². The zero-order valence-electron chi connectivity index (χ0n) is 7.57. The molecule has 3 aliphatic rings. The smallest absolute Gasteiger partial charge is 0.0646 e. The number of allylic oxidation sites excluding steroid dienone is 3. The van der Waals surface area contributed by atoms with E-state index in [4.69, 9.17) is 0 Å². The predicted octanol–water partition coefficient (Wildman–Crippen LogP) is 2.80. The van der Waals surface area contributed by atoms with Gasteiger partial charge in [0.2, 0.25) is 0 Å². The van der Waals surface area contributed by atoms with E-state index in [2.05, 4.69) is 41.2 Å². The molecule has 13 heavy (non-hydrogen) atoms. The van der Waals surface area contributed by atoms with Gasteiger partial charge in [-0.2, -0.15) is 0 Å². The summed E-state index contributed by atoms with van der Waals surface area (Å²) in [5, 5.41) is 0. The van der Waals surface area contributed by atoms with Gasteiger partial charge in [-0.3, -0.25) is 4.99 Å². The van der Waals surface area contributed by atoms with Crippen molar-refractivity contribution >= 4 is 18.0 Å². The van der Waals surface area contributed by atoms with E-state index in [1.165, 1.54) is 30.7 Å². The van der Waals surface area contributed by atoms with Gasteiger partial charge < -0.3 is 0 Å². The third kappa shape index (κ3) is 0.983. The Labute approximate surface area is 83.0 Å². The maximum Gasteiger partial charge on any atom is 0.0646 e. The zero-order valence-corrected chi connectivity index (χ0v) is 8.39. The summed E-state index contributed by atoms with van der Waals surface area (Å²) in [7, 11) is 0. The van der Waals surface area contributed by atoms with Crippen LogP contribution in [0.4, 0.5) is 0 Å². The summed E-state index contributed by atoms with van der Waals surface area (Å²) in [4.78, 5) is 4.55. The van der Waals surface area contributed by atoms with E-state index in [-0.39, 0.29) is 0 Å². The van der Waals surface area contributed by atoms with Crippen LogP contribution in [0.3, 0.4) is 0 Å². The van der Waals surface area contributed by atoms with Crippen molar-refractivity contribution < 1.29 is 0 Å². The summed E-state index contributed by atoms with van der Waals surface area (Å²) < 4.78 is 0.378. The van der Waals surface area contributed by atoms with E-state index in [1.807, 2.05) is 0 Å². The molecular formula is C11H13NS. The zero-order chi connectivity index (χ0) is 8.73. The van der Waals surface area contributed by atoms with Crippen molar-refractivity contribution in [3.63, 3.8) is 0 Å². The van der Waals surface area contributed by atoms with Crippen molar-refractivity contribution in [2.45, 2.75) is 24.0 Å². The average molecular weight is 191 g/mol. The highest BCUT2D eigenvalue weighted by Crippen LogP contribution is 2.54. The van der Waals surface area contributed by atoms with E-state index in [0.29, 0.717) is 4.75 Å². The van der Waals surface area contributed by atoms with Gasteiger partial charge in [-0.05, 0) is 37.0 Å². The van der Waals surface area contributed by atoms with Gasteiger partial charge in [0.1, 0.15) is 0 Å². The third-order valence-corrected chi connectivity index (χ3v) is 5.01. The Hall–Kier alpha value is -0.500. The lowest BCUT2D eigenvalue weighted by atomic mass is 9.79. The predicted molar refractivity (Wildman–Crippen MR) is 58.2 cm³/mol. The molecule has 2 aliphatic heterocycles. The summed E-state index contributed by atoms with van der Waals surface area (Å²) in [6.45, 7) is 0. The Kier molecular flexibility index (Phi) is 1.66. The molecule has 3 rings (SSSR count). The standard InChI is InChI=1S/C11H13NS/c1-2-6-11-9(5-8-13-11)4-7-12-10(11)3-1/h1-3,7,9H,4-6,8H2. The highest BCUT2D eigenvalue weighted by Gasteiger charge is 2.47. The molecule has 1 nitrogen and oxygen atoms in total. The van der Waals surface area contributed by atoms with Crippen LogP contribution in [0.25, 0.3) is 0 Å². The highest BCUT2D eigenvalue weighted by molar-refractivity contribution is 8.01. The highest BCUT2D eigenvalue weighted by atomic mass is 32.2. The topological polar surface area (TPSA) is 12.4 Å². The fourth-order valence-electron chi connectivity index (χ4n) is 2.63. The van der Waals surface area contributed by atoms with Crippen LogP contribution in [0.5, 0.6) is 0 Å². The number of hydrogen-bond acceptors (Lipinski definition) is 2. The molecule has 0 N–H and O–H groups in total. The largest absolute Gasteiger partial charge is 0.264 e. The average Bonchev–Trinajstić information content (AvgIpc) is 2.58. The molecule has 0 aromatic carbocycles. The summed E-state index contributed by atoms with van der Waals surface area (Å²) >= 11 is 2.12. The van der Waals surface area contributed by atoms with E-state index >= 15 is 0 Å². The summed E-state index contributed by atoms with van der Waals surface area (Å²) in [6.07, 6.45) is 12.5. The molecule has 1 aliphatic carbocycles. The van der Waals surface area contributed by atoms with Crippen molar-refractivity contribution in [3.05, 3.63) is 23.9 Å². The van der Waals surface area contributed by atoms with E-state index in [1.54, 1.807) is 0 Å². The molecule has 0 bridgehead atoms. The van der Waals surface area contributed by atoms with Gasteiger partial charge in [-0.25, -0.2) is 0 Å². The van der Waals surface area contributed by atoms with Gasteiger partial charge in [0.15, 0.2) is 0 Å². The van der Waals surface area contributed by atoms with E-state index in [0.717, 1.165) is 5.92 Å². The van der Waals surface area contributed by atoms with Crippen molar-refractivity contribution in [3.8, 4) is 0 Å². The van der Waals surface area contributed by atoms with Crippen LogP contribution in [-0.4, -0.2) is 16.7 Å². The Bertz CT molecular complexity index is 316.